The van der Waals surface area contributed by atoms with E-state index in [0.717, 1.165) is 20.5 Å². The number of hydrogen-bond acceptors (Lipinski definition) is 2. The van der Waals surface area contributed by atoms with Crippen LogP contribution >= 0.6 is 31.9 Å². The molecule has 0 heterocycles. The highest BCUT2D eigenvalue weighted by Gasteiger charge is 1.99. The normalized spacial score (nSPS) is 9.43. The SMILES string of the molecule is COc1cc(C=C(Br)Br)cc(OC)c1. The number of halogens is 2. The van der Waals surface area contributed by atoms with Crippen LogP contribution in [0.5, 0.6) is 11.5 Å². The molecule has 2 nitrogen and oxygen atoms in total. The quantitative estimate of drug-likeness (QED) is 0.843. The molecular weight excluding hydrogens is 312 g/mol. The number of rotatable bonds is 3. The Morgan fingerprint density at radius 1 is 1.07 bits per heavy atom. The average molecular weight is 322 g/mol. The standard InChI is InChI=1S/C10H10Br2O2/c1-13-8-3-7(5-10(11)12)4-9(6-8)14-2/h3-6H,1-2H3. The number of methoxy groups -OCH3 is 2. The van der Waals surface area contributed by atoms with Gasteiger partial charge < -0.3 is 9.47 Å². The first-order chi connectivity index (χ1) is 6.65. The van der Waals surface area contributed by atoms with Gasteiger partial charge in [0, 0.05) is 6.07 Å². The summed E-state index contributed by atoms with van der Waals surface area (Å²) in [4.78, 5) is 0. The van der Waals surface area contributed by atoms with Crippen LogP contribution in [0.15, 0.2) is 21.6 Å². The smallest absolute Gasteiger partial charge is 0.123 e. The van der Waals surface area contributed by atoms with Crippen molar-refractivity contribution in [3.8, 4) is 11.5 Å². The van der Waals surface area contributed by atoms with Crippen LogP contribution in [0, 0.1) is 0 Å². The van der Waals surface area contributed by atoms with E-state index in [-0.39, 0.29) is 0 Å². The topological polar surface area (TPSA) is 18.5 Å². The molecule has 0 aliphatic rings. The summed E-state index contributed by atoms with van der Waals surface area (Å²) in [6, 6.07) is 5.68. The predicted octanol–water partition coefficient (Wildman–Crippen LogP) is 3.79. The van der Waals surface area contributed by atoms with Crippen molar-refractivity contribution in [2.45, 2.75) is 0 Å². The van der Waals surface area contributed by atoms with Gasteiger partial charge in [-0.05, 0) is 55.6 Å². The summed E-state index contributed by atoms with van der Waals surface area (Å²) in [6.45, 7) is 0. The van der Waals surface area contributed by atoms with E-state index in [2.05, 4.69) is 31.9 Å². The van der Waals surface area contributed by atoms with Crippen LogP contribution in [0.3, 0.4) is 0 Å². The van der Waals surface area contributed by atoms with Crippen LogP contribution in [-0.4, -0.2) is 14.2 Å². The molecular formula is C10H10Br2O2. The van der Waals surface area contributed by atoms with Gasteiger partial charge in [-0.3, -0.25) is 0 Å². The minimum atomic E-state index is 0.775. The highest BCUT2D eigenvalue weighted by atomic mass is 79.9. The molecule has 0 spiro atoms. The zero-order valence-corrected chi connectivity index (χ0v) is 11.1. The second-order valence-electron chi connectivity index (χ2n) is 2.58. The number of hydrogen-bond donors (Lipinski definition) is 0. The van der Waals surface area contributed by atoms with E-state index < -0.39 is 0 Å². The Morgan fingerprint density at radius 2 is 1.57 bits per heavy atom. The minimum Gasteiger partial charge on any atom is -0.497 e. The van der Waals surface area contributed by atoms with Gasteiger partial charge >= 0.3 is 0 Å². The maximum absolute atomic E-state index is 5.14. The number of benzene rings is 1. The molecule has 0 atom stereocenters. The van der Waals surface area contributed by atoms with E-state index in [0.29, 0.717) is 0 Å². The summed E-state index contributed by atoms with van der Waals surface area (Å²) in [7, 11) is 3.26. The number of ether oxygens (including phenoxy) is 2. The monoisotopic (exact) mass is 320 g/mol. The summed E-state index contributed by atoms with van der Waals surface area (Å²) < 4.78 is 11.2. The van der Waals surface area contributed by atoms with Gasteiger partial charge in [-0.2, -0.15) is 0 Å². The molecule has 0 fully saturated rings. The lowest BCUT2D eigenvalue weighted by Gasteiger charge is -2.05. The van der Waals surface area contributed by atoms with Crippen LogP contribution in [0.4, 0.5) is 0 Å². The Labute approximate surface area is 100 Å². The molecule has 0 aromatic heterocycles. The first-order valence-electron chi connectivity index (χ1n) is 3.91. The molecule has 4 heteroatoms. The molecule has 0 unspecified atom stereocenters. The van der Waals surface area contributed by atoms with Gasteiger partial charge in [-0.1, -0.05) is 0 Å². The summed E-state index contributed by atoms with van der Waals surface area (Å²) in [5, 5.41) is 0. The maximum atomic E-state index is 5.14. The molecule has 1 aromatic carbocycles. The lowest BCUT2D eigenvalue weighted by atomic mass is 10.2. The highest BCUT2D eigenvalue weighted by Crippen LogP contribution is 2.26. The maximum Gasteiger partial charge on any atom is 0.123 e. The molecule has 0 bridgehead atoms. The van der Waals surface area contributed by atoms with Crippen LogP contribution in [0.1, 0.15) is 5.56 Å². The Morgan fingerprint density at radius 3 is 1.93 bits per heavy atom. The lowest BCUT2D eigenvalue weighted by Crippen LogP contribution is -1.88. The Kier molecular flexibility index (Phi) is 4.48. The molecule has 0 radical (unpaired) electrons. The first-order valence-corrected chi connectivity index (χ1v) is 5.50. The predicted molar refractivity (Wildman–Crippen MR) is 65.4 cm³/mol. The van der Waals surface area contributed by atoms with Crippen molar-refractivity contribution in [3.05, 3.63) is 27.2 Å². The van der Waals surface area contributed by atoms with Crippen LogP contribution in [0.25, 0.3) is 6.08 Å². The highest BCUT2D eigenvalue weighted by molar-refractivity contribution is 9.28. The minimum absolute atomic E-state index is 0.775. The van der Waals surface area contributed by atoms with Crippen molar-refractivity contribution in [1.29, 1.82) is 0 Å². The third kappa shape index (κ3) is 3.35. The van der Waals surface area contributed by atoms with Gasteiger partial charge in [0.15, 0.2) is 0 Å². The molecule has 0 saturated carbocycles. The summed E-state index contributed by atoms with van der Waals surface area (Å²) in [5.74, 6) is 1.55. The van der Waals surface area contributed by atoms with Crippen molar-refractivity contribution in [1.82, 2.24) is 0 Å². The second-order valence-corrected chi connectivity index (χ2v) is 5.35. The van der Waals surface area contributed by atoms with E-state index >= 15 is 0 Å². The molecule has 0 aliphatic heterocycles. The summed E-state index contributed by atoms with van der Waals surface area (Å²) in [6.07, 6.45) is 1.92. The molecule has 1 aromatic rings. The fourth-order valence-corrected chi connectivity index (χ4v) is 1.57. The van der Waals surface area contributed by atoms with Crippen molar-refractivity contribution in [3.63, 3.8) is 0 Å². The molecule has 0 N–H and O–H groups in total. The molecule has 0 aliphatic carbocycles. The molecule has 1 rings (SSSR count). The van der Waals surface area contributed by atoms with Crippen molar-refractivity contribution >= 4 is 37.9 Å². The van der Waals surface area contributed by atoms with Crippen LogP contribution in [0.2, 0.25) is 0 Å². The third-order valence-electron chi connectivity index (χ3n) is 1.65. The summed E-state index contributed by atoms with van der Waals surface area (Å²) in [5.41, 5.74) is 1.00. The zero-order chi connectivity index (χ0) is 10.6. The van der Waals surface area contributed by atoms with Gasteiger partial charge in [0.25, 0.3) is 0 Å². The van der Waals surface area contributed by atoms with Gasteiger partial charge in [-0.15, -0.1) is 0 Å². The van der Waals surface area contributed by atoms with Gasteiger partial charge in [0.2, 0.25) is 0 Å². The van der Waals surface area contributed by atoms with Gasteiger partial charge in [0.05, 0.1) is 17.6 Å². The van der Waals surface area contributed by atoms with E-state index in [9.17, 15) is 0 Å². The molecule has 76 valence electrons. The average Bonchev–Trinajstić information content (AvgIpc) is 2.16. The molecule has 0 saturated heterocycles. The molecule has 0 amide bonds. The Hall–Kier alpha value is -0.480. The first kappa shape index (κ1) is 11.6. The van der Waals surface area contributed by atoms with Crippen LogP contribution < -0.4 is 9.47 Å². The lowest BCUT2D eigenvalue weighted by molar-refractivity contribution is 0.394. The zero-order valence-electron chi connectivity index (χ0n) is 7.88. The van der Waals surface area contributed by atoms with E-state index in [1.54, 1.807) is 14.2 Å². The van der Waals surface area contributed by atoms with E-state index in [1.807, 2.05) is 24.3 Å². The van der Waals surface area contributed by atoms with Crippen molar-refractivity contribution in [2.75, 3.05) is 14.2 Å². The fourth-order valence-electron chi connectivity index (χ4n) is 1.04. The Bertz CT molecular complexity index is 322. The van der Waals surface area contributed by atoms with Crippen molar-refractivity contribution in [2.24, 2.45) is 0 Å². The third-order valence-corrected chi connectivity index (χ3v) is 2.11. The van der Waals surface area contributed by atoms with E-state index in [1.165, 1.54) is 0 Å². The second kappa shape index (κ2) is 5.41. The van der Waals surface area contributed by atoms with E-state index in [4.69, 9.17) is 9.47 Å². The summed E-state index contributed by atoms with van der Waals surface area (Å²) >= 11 is 6.60. The van der Waals surface area contributed by atoms with Crippen molar-refractivity contribution < 1.29 is 9.47 Å². The van der Waals surface area contributed by atoms with Gasteiger partial charge in [0.1, 0.15) is 11.5 Å². The molecule has 14 heavy (non-hydrogen) atoms. The fraction of sp³-hybridized carbons (Fsp3) is 0.200. The largest absolute Gasteiger partial charge is 0.497 e. The van der Waals surface area contributed by atoms with Gasteiger partial charge in [-0.25, -0.2) is 0 Å². The Balaban J connectivity index is 3.10. The van der Waals surface area contributed by atoms with Crippen LogP contribution in [-0.2, 0) is 0 Å².